The highest BCUT2D eigenvalue weighted by Crippen LogP contribution is 2.35. The van der Waals surface area contributed by atoms with Crippen LogP contribution in [0.2, 0.25) is 0 Å². The molecule has 3 saturated heterocycles. The van der Waals surface area contributed by atoms with Gasteiger partial charge in [0, 0.05) is 0 Å². The molecule has 0 aromatic heterocycles. The van der Waals surface area contributed by atoms with Crippen molar-refractivity contribution in [1.29, 1.82) is 0 Å². The lowest BCUT2D eigenvalue weighted by atomic mass is 9.94. The topological polar surface area (TPSA) is 428 Å². The second-order valence-electron chi connectivity index (χ2n) is 16.1. The fraction of sp³-hybridized carbons (Fsp3) is 1.00. The number of aliphatic hydroxyl groups is 9. The first-order chi connectivity index (χ1) is 30.4. The van der Waals surface area contributed by atoms with Gasteiger partial charge in [-0.3, -0.25) is 13.7 Å². The van der Waals surface area contributed by atoms with Crippen molar-refractivity contribution < 1.29 is 126 Å². The molecule has 0 bridgehead atoms. The van der Waals surface area contributed by atoms with Gasteiger partial charge in [-0.1, -0.05) is 84.0 Å². The Bertz CT molecular complexity index is 1630. The summed E-state index contributed by atoms with van der Waals surface area (Å²) in [6, 6.07) is 0. The van der Waals surface area contributed by atoms with Crippen LogP contribution in [0.4, 0.5) is 0 Å². The predicted octanol–water partition coefficient (Wildman–Crippen LogP) is -3.25. The van der Waals surface area contributed by atoms with Gasteiger partial charge in [0.15, 0.2) is 18.9 Å². The van der Waals surface area contributed by atoms with Crippen LogP contribution in [0.5, 0.6) is 0 Å². The van der Waals surface area contributed by atoms with Gasteiger partial charge in [-0.05, 0) is 6.42 Å². The van der Waals surface area contributed by atoms with E-state index in [1.807, 2.05) is 0 Å². The van der Waals surface area contributed by atoms with Crippen LogP contribution in [0, 0.1) is 0 Å². The summed E-state index contributed by atoms with van der Waals surface area (Å²) in [6.07, 6.45) is -21.2. The molecule has 65 heavy (non-hydrogen) atoms. The van der Waals surface area contributed by atoms with Crippen molar-refractivity contribution in [3.63, 3.8) is 0 Å². The Kier molecular flexibility index (Phi) is 24.1. The van der Waals surface area contributed by atoms with E-state index in [9.17, 15) is 84.9 Å². The summed E-state index contributed by atoms with van der Waals surface area (Å²) < 4.78 is 146. The molecule has 0 aromatic carbocycles. The van der Waals surface area contributed by atoms with Gasteiger partial charge in [-0.15, -0.1) is 0 Å². The van der Waals surface area contributed by atoms with Gasteiger partial charge in [0.2, 0.25) is 0 Å². The van der Waals surface area contributed by atoms with E-state index in [4.69, 9.17) is 28.4 Å². The Morgan fingerprint density at radius 2 is 0.738 bits per heavy atom. The monoisotopic (exact) mass is 1010 g/mol. The smallest absolute Gasteiger partial charge is 0.394 e. The van der Waals surface area contributed by atoms with E-state index in [-0.39, 0.29) is 12.8 Å². The minimum absolute atomic E-state index is 0.157. The number of hydrogen-bond donors (Lipinski definition) is 12. The molecule has 0 unspecified atom stereocenters. The summed E-state index contributed by atoms with van der Waals surface area (Å²) in [6.45, 7) is -2.95. The molecule has 15 atom stereocenters. The average molecular weight is 1020 g/mol. The van der Waals surface area contributed by atoms with Crippen molar-refractivity contribution in [3.05, 3.63) is 0 Å². The largest absolute Gasteiger partial charge is 0.397 e. The van der Waals surface area contributed by atoms with E-state index >= 15 is 0 Å². The molecule has 3 heterocycles. The van der Waals surface area contributed by atoms with E-state index < -0.39 is 162 Å². The number of ether oxygens (including phenoxy) is 6. The molecule has 0 radical (unpaired) electrons. The lowest BCUT2D eigenvalue weighted by Crippen LogP contribution is -2.64. The SMILES string of the molecule is CCCCCCCCCCCCCCC(CO[C@@H]1O[C@H](CO)[C@H](O)[C@H](OS(=O)(=O)O)[C@H]1O)(CO[C@@H]1O[C@H](CO)[C@H](O)[C@H](OS(=O)(=O)O)[C@H]1O)O[C@@H]1O[C@H](CO)[C@H](O)[C@H](OS(=O)(=O)O)[C@H]1O. The van der Waals surface area contributed by atoms with Gasteiger partial charge >= 0.3 is 31.2 Å². The number of rotatable bonds is 30. The van der Waals surface area contributed by atoms with Crippen LogP contribution in [0.3, 0.4) is 0 Å². The van der Waals surface area contributed by atoms with Crippen LogP contribution in [-0.4, -0.2) is 216 Å². The Balaban J connectivity index is 2.03. The third-order valence-electron chi connectivity index (χ3n) is 11.0. The molecule has 3 rings (SSSR count). The van der Waals surface area contributed by atoms with Crippen molar-refractivity contribution in [1.82, 2.24) is 0 Å². The summed E-state index contributed by atoms with van der Waals surface area (Å²) in [4.78, 5) is 0. The first kappa shape index (κ1) is 58.3. The zero-order valence-corrected chi connectivity index (χ0v) is 38.1. The lowest BCUT2D eigenvalue weighted by Gasteiger charge is -2.47. The average Bonchev–Trinajstić information content (AvgIpc) is 3.22. The summed E-state index contributed by atoms with van der Waals surface area (Å²) >= 11 is 0. The van der Waals surface area contributed by atoms with E-state index in [0.717, 1.165) is 51.4 Å². The molecular weight excluding hydrogens is 949 g/mol. The standard InChI is InChI=1S/C35H66O27S3/c1-2-3-4-5-6-7-8-9-10-11-12-13-14-35(59-34-28(44)31(62-65(51,52)53)25(41)22(17-38)58-34,18-54-32-26(42)29(60-63(45,46)47)23(39)20(15-36)56-32)19-55-33-27(43)30(61-64(48,49)50)24(40)21(16-37)57-33/h20-34,36-44H,2-19H2,1H3,(H,45,46,47)(H,48,49,50)(H,51,52,53)/t20-,21-,22-,23+,24+,25+,26-,27-,28-,29+,30+,31+,32-,33-,34+/m1/s1. The predicted molar refractivity (Wildman–Crippen MR) is 214 cm³/mol. The maximum Gasteiger partial charge on any atom is 0.397 e. The fourth-order valence-corrected chi connectivity index (χ4v) is 9.14. The molecule has 3 aliphatic rings. The fourth-order valence-electron chi connectivity index (χ4n) is 7.61. The Morgan fingerprint density at radius 3 is 1.05 bits per heavy atom. The van der Waals surface area contributed by atoms with Gasteiger partial charge in [-0.2, -0.15) is 25.3 Å². The van der Waals surface area contributed by atoms with Crippen molar-refractivity contribution in [3.8, 4) is 0 Å². The molecule has 0 spiro atoms. The van der Waals surface area contributed by atoms with Crippen LogP contribution < -0.4 is 0 Å². The third kappa shape index (κ3) is 18.7. The Labute approximate surface area is 377 Å². The second kappa shape index (κ2) is 26.8. The van der Waals surface area contributed by atoms with Gasteiger partial charge in [0.1, 0.15) is 78.8 Å². The Hall–Kier alpha value is -0.990. The maximum absolute atomic E-state index is 11.8. The summed E-state index contributed by atoms with van der Waals surface area (Å²) in [5.74, 6) is 0. The third-order valence-corrected chi connectivity index (χ3v) is 12.4. The highest BCUT2D eigenvalue weighted by molar-refractivity contribution is 7.81. The second-order valence-corrected chi connectivity index (χ2v) is 19.3. The Morgan fingerprint density at radius 1 is 0.446 bits per heavy atom. The van der Waals surface area contributed by atoms with Gasteiger partial charge in [0.05, 0.1) is 33.0 Å². The van der Waals surface area contributed by atoms with Crippen molar-refractivity contribution >= 4 is 31.2 Å². The highest BCUT2D eigenvalue weighted by Gasteiger charge is 2.54. The molecule has 0 aliphatic carbocycles. The first-order valence-electron chi connectivity index (χ1n) is 21.1. The minimum Gasteiger partial charge on any atom is -0.394 e. The number of unbranched alkanes of at least 4 members (excludes halogenated alkanes) is 11. The van der Waals surface area contributed by atoms with Gasteiger partial charge in [-0.25, -0.2) is 12.5 Å². The van der Waals surface area contributed by atoms with E-state index in [0.29, 0.717) is 12.8 Å². The summed E-state index contributed by atoms with van der Waals surface area (Å²) in [5, 5.41) is 95.1. The first-order valence-corrected chi connectivity index (χ1v) is 25.2. The molecule has 0 aromatic rings. The van der Waals surface area contributed by atoms with Crippen LogP contribution >= 0.6 is 0 Å². The molecule has 0 amide bonds. The molecule has 386 valence electrons. The van der Waals surface area contributed by atoms with Crippen molar-refractivity contribution in [2.45, 2.75) is 188 Å². The molecule has 3 fully saturated rings. The van der Waals surface area contributed by atoms with Crippen molar-refractivity contribution in [2.24, 2.45) is 0 Å². The summed E-state index contributed by atoms with van der Waals surface area (Å²) in [7, 11) is -16.2. The molecule has 30 heteroatoms. The highest BCUT2D eigenvalue weighted by atomic mass is 32.3. The van der Waals surface area contributed by atoms with Crippen molar-refractivity contribution in [2.75, 3.05) is 33.0 Å². The lowest BCUT2D eigenvalue weighted by molar-refractivity contribution is -0.359. The van der Waals surface area contributed by atoms with Crippen LogP contribution in [-0.2, 0) is 72.2 Å². The van der Waals surface area contributed by atoms with Gasteiger partial charge in [0.25, 0.3) is 0 Å². The van der Waals surface area contributed by atoms with E-state index in [2.05, 4.69) is 19.5 Å². The van der Waals surface area contributed by atoms with E-state index in [1.54, 1.807) is 0 Å². The quantitative estimate of drug-likeness (QED) is 0.0248. The number of hydrogen-bond acceptors (Lipinski definition) is 24. The zero-order chi connectivity index (χ0) is 48.8. The van der Waals surface area contributed by atoms with E-state index in [1.165, 1.54) is 6.42 Å². The molecular formula is C35H66O27S3. The zero-order valence-electron chi connectivity index (χ0n) is 35.6. The summed E-state index contributed by atoms with van der Waals surface area (Å²) in [5.41, 5.74) is -2.21. The molecule has 3 aliphatic heterocycles. The maximum atomic E-state index is 11.8. The van der Waals surface area contributed by atoms with Crippen LogP contribution in [0.25, 0.3) is 0 Å². The molecule has 27 nitrogen and oxygen atoms in total. The molecule has 12 N–H and O–H groups in total. The number of aliphatic hydroxyl groups excluding tert-OH is 9. The molecule has 0 saturated carbocycles. The van der Waals surface area contributed by atoms with Crippen LogP contribution in [0.1, 0.15) is 90.4 Å². The van der Waals surface area contributed by atoms with Crippen LogP contribution in [0.15, 0.2) is 0 Å². The minimum atomic E-state index is -5.42. The normalized spacial score (nSPS) is 34.2. The van der Waals surface area contributed by atoms with Gasteiger partial charge < -0.3 is 74.4 Å².